The fourth-order valence-corrected chi connectivity index (χ4v) is 3.42. The van der Waals surface area contributed by atoms with Crippen LogP contribution in [0.1, 0.15) is 18.9 Å². The number of benzene rings is 1. The second kappa shape index (κ2) is 6.68. The van der Waals surface area contributed by atoms with Crippen molar-refractivity contribution in [1.29, 1.82) is 0 Å². The van der Waals surface area contributed by atoms with Crippen molar-refractivity contribution < 1.29 is 17.9 Å². The molecular weight excluding hydrogens is 313 g/mol. The van der Waals surface area contributed by atoms with Crippen molar-refractivity contribution >= 4 is 11.8 Å². The molecule has 22 heavy (non-hydrogen) atoms. The van der Waals surface area contributed by atoms with Crippen LogP contribution in [0.2, 0.25) is 0 Å². The second-order valence-electron chi connectivity index (χ2n) is 6.01. The van der Waals surface area contributed by atoms with E-state index in [1.165, 1.54) is 7.11 Å². The fraction of sp³-hybridized carbons (Fsp3) is 0.600. The summed E-state index contributed by atoms with van der Waals surface area (Å²) < 4.78 is 42.9. The van der Waals surface area contributed by atoms with Gasteiger partial charge in [0.15, 0.2) is 0 Å². The number of alkyl halides is 3. The number of methoxy groups -OCH3 is 1. The predicted molar refractivity (Wildman–Crippen MR) is 82.0 cm³/mol. The largest absolute Gasteiger partial charge is 0.496 e. The van der Waals surface area contributed by atoms with Gasteiger partial charge >= 0.3 is 5.51 Å². The summed E-state index contributed by atoms with van der Waals surface area (Å²) in [5.74, 6) is 0.249. The van der Waals surface area contributed by atoms with Gasteiger partial charge in [0.1, 0.15) is 5.75 Å². The quantitative estimate of drug-likeness (QED) is 0.837. The van der Waals surface area contributed by atoms with Gasteiger partial charge in [0.25, 0.3) is 0 Å². The number of nitrogens with zero attached hydrogens (tertiary/aromatic N) is 1. The molecule has 3 nitrogen and oxygen atoms in total. The summed E-state index contributed by atoms with van der Waals surface area (Å²) in [7, 11) is 1.38. The molecular formula is C15H21F3N2OS. The molecule has 0 amide bonds. The Hall–Kier alpha value is -0.920. The molecule has 1 unspecified atom stereocenters. The minimum absolute atomic E-state index is 0.105. The Bertz CT molecular complexity index is 524. The molecule has 1 aliphatic rings. The number of nitrogens with two attached hydrogens (primary N) is 1. The molecule has 2 rings (SSSR count). The molecule has 1 fully saturated rings. The molecule has 1 saturated heterocycles. The van der Waals surface area contributed by atoms with Crippen LogP contribution in [0.4, 0.5) is 13.2 Å². The van der Waals surface area contributed by atoms with Crippen LogP contribution in [0.5, 0.6) is 5.75 Å². The minimum atomic E-state index is -4.32. The molecule has 0 spiro atoms. The van der Waals surface area contributed by atoms with Crippen molar-refractivity contribution in [3.63, 3.8) is 0 Å². The number of ether oxygens (including phenoxy) is 1. The third-order valence-corrected chi connectivity index (χ3v) is 4.76. The Labute approximate surface area is 133 Å². The molecule has 0 aromatic heterocycles. The van der Waals surface area contributed by atoms with Crippen molar-refractivity contribution in [1.82, 2.24) is 4.90 Å². The van der Waals surface area contributed by atoms with Gasteiger partial charge in [-0.3, -0.25) is 4.90 Å². The normalized spacial score (nSPS) is 23.0. The molecule has 0 radical (unpaired) electrons. The van der Waals surface area contributed by atoms with E-state index in [0.717, 1.165) is 25.1 Å². The van der Waals surface area contributed by atoms with Gasteiger partial charge in [-0.15, -0.1) is 0 Å². The topological polar surface area (TPSA) is 38.5 Å². The van der Waals surface area contributed by atoms with Gasteiger partial charge in [-0.1, -0.05) is 13.0 Å². The van der Waals surface area contributed by atoms with Crippen LogP contribution in [-0.4, -0.2) is 37.2 Å². The van der Waals surface area contributed by atoms with Gasteiger partial charge in [-0.2, -0.15) is 13.2 Å². The van der Waals surface area contributed by atoms with Crippen molar-refractivity contribution in [2.45, 2.75) is 30.3 Å². The van der Waals surface area contributed by atoms with Gasteiger partial charge in [-0.05, 0) is 54.4 Å². The lowest BCUT2D eigenvalue weighted by molar-refractivity contribution is -0.0328. The zero-order valence-electron chi connectivity index (χ0n) is 12.7. The van der Waals surface area contributed by atoms with E-state index < -0.39 is 5.51 Å². The summed E-state index contributed by atoms with van der Waals surface area (Å²) in [6.45, 7) is 5.19. The standard InChI is InChI=1S/C15H21F3N2OS/c1-14(9-19)5-6-20(10-14)8-11-3-4-12(21-2)13(7-11)22-15(16,17)18/h3-4,7H,5-6,8-10,19H2,1-2H3. The first-order valence-corrected chi connectivity index (χ1v) is 7.91. The lowest BCUT2D eigenvalue weighted by Crippen LogP contribution is -2.31. The maximum atomic E-state index is 12.6. The molecule has 1 aliphatic heterocycles. The Morgan fingerprint density at radius 1 is 1.41 bits per heavy atom. The zero-order valence-corrected chi connectivity index (χ0v) is 13.6. The van der Waals surface area contributed by atoms with E-state index in [4.69, 9.17) is 10.5 Å². The molecule has 0 saturated carbocycles. The van der Waals surface area contributed by atoms with E-state index >= 15 is 0 Å². The van der Waals surface area contributed by atoms with Crippen LogP contribution in [0, 0.1) is 5.41 Å². The fourth-order valence-electron chi connectivity index (χ4n) is 2.71. The van der Waals surface area contributed by atoms with Crippen LogP contribution in [0.25, 0.3) is 0 Å². The van der Waals surface area contributed by atoms with E-state index in [9.17, 15) is 13.2 Å². The Balaban J connectivity index is 2.11. The number of thioether (sulfide) groups is 1. The summed E-state index contributed by atoms with van der Waals surface area (Å²) >= 11 is -0.135. The first kappa shape index (κ1) is 17.4. The van der Waals surface area contributed by atoms with Crippen molar-refractivity contribution in [3.8, 4) is 5.75 Å². The second-order valence-corrected chi connectivity index (χ2v) is 7.12. The van der Waals surface area contributed by atoms with Crippen LogP contribution in [0.3, 0.4) is 0 Å². The number of rotatable bonds is 5. The van der Waals surface area contributed by atoms with E-state index in [1.807, 2.05) is 6.07 Å². The molecule has 1 aromatic rings. The number of likely N-dealkylation sites (tertiary alicyclic amines) is 1. The highest BCUT2D eigenvalue weighted by atomic mass is 32.2. The molecule has 2 N–H and O–H groups in total. The van der Waals surface area contributed by atoms with Crippen molar-refractivity contribution in [2.75, 3.05) is 26.7 Å². The first-order valence-electron chi connectivity index (χ1n) is 7.10. The van der Waals surface area contributed by atoms with Gasteiger partial charge in [0, 0.05) is 13.1 Å². The molecule has 1 heterocycles. The summed E-state index contributed by atoms with van der Waals surface area (Å²) in [6.07, 6.45) is 1.02. The van der Waals surface area contributed by atoms with Crippen LogP contribution >= 0.6 is 11.8 Å². The van der Waals surface area contributed by atoms with Crippen LogP contribution in [0.15, 0.2) is 23.1 Å². The predicted octanol–water partition coefficient (Wildman–Crippen LogP) is 3.48. The maximum absolute atomic E-state index is 12.6. The Kier molecular flexibility index (Phi) is 5.29. The van der Waals surface area contributed by atoms with Crippen molar-refractivity contribution in [2.24, 2.45) is 11.1 Å². The van der Waals surface area contributed by atoms with E-state index in [2.05, 4.69) is 11.8 Å². The summed E-state index contributed by atoms with van der Waals surface area (Å²) in [5.41, 5.74) is 2.42. The average molecular weight is 334 g/mol. The molecule has 7 heteroatoms. The molecule has 0 bridgehead atoms. The van der Waals surface area contributed by atoms with Gasteiger partial charge in [-0.25, -0.2) is 0 Å². The highest BCUT2D eigenvalue weighted by Crippen LogP contribution is 2.42. The number of hydrogen-bond acceptors (Lipinski definition) is 4. The number of hydrogen-bond donors (Lipinski definition) is 1. The third-order valence-electron chi connectivity index (χ3n) is 3.99. The van der Waals surface area contributed by atoms with E-state index in [-0.39, 0.29) is 27.8 Å². The average Bonchev–Trinajstić information content (AvgIpc) is 2.80. The first-order chi connectivity index (χ1) is 10.2. The van der Waals surface area contributed by atoms with E-state index in [0.29, 0.717) is 13.1 Å². The highest BCUT2D eigenvalue weighted by molar-refractivity contribution is 8.00. The SMILES string of the molecule is COc1ccc(CN2CCC(C)(CN)C2)cc1SC(F)(F)F. The number of halogens is 3. The monoisotopic (exact) mass is 334 g/mol. The molecule has 1 aromatic carbocycles. The Morgan fingerprint density at radius 3 is 2.68 bits per heavy atom. The lowest BCUT2D eigenvalue weighted by atomic mass is 9.90. The minimum Gasteiger partial charge on any atom is -0.496 e. The Morgan fingerprint density at radius 2 is 2.14 bits per heavy atom. The van der Waals surface area contributed by atoms with E-state index in [1.54, 1.807) is 12.1 Å². The maximum Gasteiger partial charge on any atom is 0.446 e. The smallest absolute Gasteiger partial charge is 0.446 e. The summed E-state index contributed by atoms with van der Waals surface area (Å²) in [6, 6.07) is 4.98. The van der Waals surface area contributed by atoms with Crippen LogP contribution < -0.4 is 10.5 Å². The summed E-state index contributed by atoms with van der Waals surface area (Å²) in [4.78, 5) is 2.34. The van der Waals surface area contributed by atoms with Crippen molar-refractivity contribution in [3.05, 3.63) is 23.8 Å². The zero-order chi connectivity index (χ0) is 16.4. The molecule has 1 atom stereocenters. The molecule has 124 valence electrons. The lowest BCUT2D eigenvalue weighted by Gasteiger charge is -2.23. The highest BCUT2D eigenvalue weighted by Gasteiger charge is 2.33. The van der Waals surface area contributed by atoms with Crippen LogP contribution in [-0.2, 0) is 6.54 Å². The van der Waals surface area contributed by atoms with Gasteiger partial charge in [0.05, 0.1) is 12.0 Å². The van der Waals surface area contributed by atoms with Gasteiger partial charge < -0.3 is 10.5 Å². The third kappa shape index (κ3) is 4.54. The summed E-state index contributed by atoms with van der Waals surface area (Å²) in [5, 5.41) is 0. The molecule has 0 aliphatic carbocycles. The van der Waals surface area contributed by atoms with Gasteiger partial charge in [0.2, 0.25) is 0 Å².